The molecule has 32 heavy (non-hydrogen) atoms. The molecule has 0 saturated heterocycles. The number of rotatable bonds is 8. The Hall–Kier alpha value is -3.47. The van der Waals surface area contributed by atoms with Crippen LogP contribution in [0.5, 0.6) is 0 Å². The average molecular weight is 430 g/mol. The molecule has 0 bridgehead atoms. The number of hydrogen-bond donors (Lipinski definition) is 1. The summed E-state index contributed by atoms with van der Waals surface area (Å²) in [6.45, 7) is 4.03. The van der Waals surface area contributed by atoms with E-state index in [0.29, 0.717) is 0 Å². The number of aryl methyl sites for hydroxylation is 2. The molecule has 0 aliphatic heterocycles. The summed E-state index contributed by atoms with van der Waals surface area (Å²) in [5, 5.41) is 3.13. The van der Waals surface area contributed by atoms with Crippen LogP contribution in [0.3, 0.4) is 0 Å². The lowest BCUT2D eigenvalue weighted by Crippen LogP contribution is -2.34. The van der Waals surface area contributed by atoms with Gasteiger partial charge in [-0.2, -0.15) is 0 Å². The highest BCUT2D eigenvalue weighted by molar-refractivity contribution is 5.77. The van der Waals surface area contributed by atoms with Gasteiger partial charge in [-0.1, -0.05) is 48.5 Å². The fourth-order valence-corrected chi connectivity index (χ4v) is 4.21. The van der Waals surface area contributed by atoms with Crippen molar-refractivity contribution >= 4 is 11.6 Å². The number of benzene rings is 2. The predicted molar refractivity (Wildman–Crippen MR) is 125 cm³/mol. The topological polar surface area (TPSA) is 46.4 Å². The zero-order valence-electron chi connectivity index (χ0n) is 18.5. The molecule has 2 aromatic carbocycles. The molecule has 2 aromatic heterocycles. The molecule has 2 atom stereocenters. The zero-order valence-corrected chi connectivity index (χ0v) is 18.5. The fourth-order valence-electron chi connectivity index (χ4n) is 4.21. The first-order chi connectivity index (χ1) is 15.5. The number of imidazole rings is 1. The molecule has 4 nitrogen and oxygen atoms in total. The minimum absolute atomic E-state index is 0.0415. The van der Waals surface area contributed by atoms with Crippen LogP contribution in [0, 0.1) is 12.7 Å². The fraction of sp³-hybridized carbons (Fsp3) is 0.259. The first-order valence-corrected chi connectivity index (χ1v) is 11.0. The Kier molecular flexibility index (Phi) is 6.64. The molecule has 4 aromatic rings. The number of carbonyl (C=O) groups is 1. The summed E-state index contributed by atoms with van der Waals surface area (Å²) < 4.78 is 16.1. The number of hydrogen-bond acceptors (Lipinski definition) is 2. The molecule has 2 unspecified atom stereocenters. The van der Waals surface area contributed by atoms with E-state index in [0.717, 1.165) is 35.4 Å². The molecular formula is C27H28FN3O. The Bertz CT molecular complexity index is 1200. The summed E-state index contributed by atoms with van der Waals surface area (Å²) >= 11 is 0. The quantitative estimate of drug-likeness (QED) is 0.405. The van der Waals surface area contributed by atoms with Gasteiger partial charge >= 0.3 is 0 Å². The minimum atomic E-state index is -0.310. The maximum absolute atomic E-state index is 14.0. The number of aromatic nitrogens is 2. The van der Waals surface area contributed by atoms with Crippen LogP contribution in [0.1, 0.15) is 48.2 Å². The second-order valence-corrected chi connectivity index (χ2v) is 8.35. The molecule has 5 heteroatoms. The summed E-state index contributed by atoms with van der Waals surface area (Å²) in [4.78, 5) is 17.5. The highest BCUT2D eigenvalue weighted by Crippen LogP contribution is 2.30. The van der Waals surface area contributed by atoms with Crippen molar-refractivity contribution in [1.29, 1.82) is 0 Å². The van der Waals surface area contributed by atoms with Crippen LogP contribution in [0.25, 0.3) is 5.65 Å². The maximum Gasteiger partial charge on any atom is 0.221 e. The molecule has 0 radical (unpaired) electrons. The molecule has 0 fully saturated rings. The van der Waals surface area contributed by atoms with Crippen molar-refractivity contribution in [2.24, 2.45) is 0 Å². The predicted octanol–water partition coefficient (Wildman–Crippen LogP) is 5.44. The van der Waals surface area contributed by atoms with Gasteiger partial charge in [-0.15, -0.1) is 0 Å². The van der Waals surface area contributed by atoms with E-state index < -0.39 is 0 Å². The largest absolute Gasteiger partial charge is 0.354 e. The normalized spacial score (nSPS) is 13.1. The van der Waals surface area contributed by atoms with Crippen molar-refractivity contribution in [2.45, 2.75) is 45.1 Å². The summed E-state index contributed by atoms with van der Waals surface area (Å²) in [6, 6.07) is 22.7. The summed E-state index contributed by atoms with van der Waals surface area (Å²) in [6.07, 6.45) is 3.78. The smallest absolute Gasteiger partial charge is 0.221 e. The molecule has 1 N–H and O–H groups in total. The van der Waals surface area contributed by atoms with Gasteiger partial charge in [-0.3, -0.25) is 4.79 Å². The minimum Gasteiger partial charge on any atom is -0.354 e. The second-order valence-electron chi connectivity index (χ2n) is 8.35. The number of pyridine rings is 1. The Balaban J connectivity index is 1.53. The van der Waals surface area contributed by atoms with E-state index in [9.17, 15) is 9.18 Å². The van der Waals surface area contributed by atoms with E-state index in [-0.39, 0.29) is 30.1 Å². The van der Waals surface area contributed by atoms with Gasteiger partial charge in [-0.25, -0.2) is 9.37 Å². The van der Waals surface area contributed by atoms with Crippen LogP contribution in [-0.2, 0) is 11.2 Å². The lowest BCUT2D eigenvalue weighted by atomic mass is 9.92. The van der Waals surface area contributed by atoms with Gasteiger partial charge in [0, 0.05) is 30.3 Å². The van der Waals surface area contributed by atoms with Gasteiger partial charge in [-0.05, 0) is 62.1 Å². The van der Waals surface area contributed by atoms with E-state index in [2.05, 4.69) is 22.4 Å². The maximum atomic E-state index is 14.0. The molecule has 0 spiro atoms. The van der Waals surface area contributed by atoms with Gasteiger partial charge in [0.05, 0.1) is 5.69 Å². The van der Waals surface area contributed by atoms with E-state index in [1.807, 2.05) is 60.7 Å². The van der Waals surface area contributed by atoms with E-state index >= 15 is 0 Å². The number of fused-ring (bicyclic) bond motifs is 1. The number of nitrogens with one attached hydrogen (secondary N) is 1. The lowest BCUT2D eigenvalue weighted by Gasteiger charge is -2.20. The zero-order chi connectivity index (χ0) is 22.5. The highest BCUT2D eigenvalue weighted by Gasteiger charge is 2.23. The molecule has 164 valence electrons. The number of carbonyl (C=O) groups excluding carboxylic acids is 1. The SMILES string of the molecule is Cc1cccc2ncc(C(CC(=O)NC(C)CCc3ccccc3)c3cccc(F)c3)n12. The van der Waals surface area contributed by atoms with Crippen molar-refractivity contribution in [1.82, 2.24) is 14.7 Å². The average Bonchev–Trinajstić information content (AvgIpc) is 3.22. The monoisotopic (exact) mass is 429 g/mol. The molecule has 1 amide bonds. The Morgan fingerprint density at radius 2 is 1.84 bits per heavy atom. The molecule has 0 saturated carbocycles. The molecule has 0 aliphatic carbocycles. The van der Waals surface area contributed by atoms with Crippen LogP contribution >= 0.6 is 0 Å². The second kappa shape index (κ2) is 9.77. The third-order valence-corrected chi connectivity index (χ3v) is 5.87. The third-order valence-electron chi connectivity index (χ3n) is 5.87. The van der Waals surface area contributed by atoms with E-state index in [4.69, 9.17) is 0 Å². The summed E-state index contributed by atoms with van der Waals surface area (Å²) in [5.41, 5.74) is 4.75. The molecule has 2 heterocycles. The molecule has 0 aliphatic rings. The Labute approximate surface area is 188 Å². The van der Waals surface area contributed by atoms with Crippen LogP contribution in [-0.4, -0.2) is 21.3 Å². The summed E-state index contributed by atoms with van der Waals surface area (Å²) in [5.74, 6) is -0.666. The Morgan fingerprint density at radius 3 is 2.62 bits per heavy atom. The molecular weight excluding hydrogens is 401 g/mol. The van der Waals surface area contributed by atoms with Gasteiger partial charge in [0.1, 0.15) is 11.5 Å². The molecule has 4 rings (SSSR count). The van der Waals surface area contributed by atoms with Crippen molar-refractivity contribution in [3.8, 4) is 0 Å². The van der Waals surface area contributed by atoms with Gasteiger partial charge in [0.2, 0.25) is 5.91 Å². The van der Waals surface area contributed by atoms with Crippen LogP contribution < -0.4 is 5.32 Å². The van der Waals surface area contributed by atoms with Crippen molar-refractivity contribution in [3.63, 3.8) is 0 Å². The van der Waals surface area contributed by atoms with Crippen LogP contribution in [0.4, 0.5) is 4.39 Å². The number of amides is 1. The standard InChI is InChI=1S/C27H28FN3O/c1-19(14-15-21-9-4-3-5-10-21)30-27(32)17-24(22-11-7-12-23(28)16-22)25-18-29-26-13-6-8-20(2)31(25)26/h3-13,16,18-19,24H,14-15,17H2,1-2H3,(H,30,32). The number of nitrogens with zero attached hydrogens (tertiary/aromatic N) is 2. The Morgan fingerprint density at radius 1 is 1.06 bits per heavy atom. The van der Waals surface area contributed by atoms with E-state index in [1.165, 1.54) is 17.7 Å². The lowest BCUT2D eigenvalue weighted by molar-refractivity contribution is -0.121. The third kappa shape index (κ3) is 5.05. The van der Waals surface area contributed by atoms with Crippen LogP contribution in [0.15, 0.2) is 79.0 Å². The van der Waals surface area contributed by atoms with Gasteiger partial charge < -0.3 is 9.72 Å². The van der Waals surface area contributed by atoms with E-state index in [1.54, 1.807) is 12.3 Å². The first-order valence-electron chi connectivity index (χ1n) is 11.0. The number of halogens is 1. The summed E-state index contributed by atoms with van der Waals surface area (Å²) in [7, 11) is 0. The first kappa shape index (κ1) is 21.8. The van der Waals surface area contributed by atoms with Crippen LogP contribution in [0.2, 0.25) is 0 Å². The van der Waals surface area contributed by atoms with Gasteiger partial charge in [0.25, 0.3) is 0 Å². The highest BCUT2D eigenvalue weighted by atomic mass is 19.1. The van der Waals surface area contributed by atoms with Crippen molar-refractivity contribution < 1.29 is 9.18 Å². The van der Waals surface area contributed by atoms with Crippen molar-refractivity contribution in [2.75, 3.05) is 0 Å². The van der Waals surface area contributed by atoms with Gasteiger partial charge in [0.15, 0.2) is 0 Å². The van der Waals surface area contributed by atoms with Crippen molar-refractivity contribution in [3.05, 3.63) is 107 Å².